The van der Waals surface area contributed by atoms with Gasteiger partial charge in [0, 0.05) is 10.4 Å². The average Bonchev–Trinajstić information content (AvgIpc) is 3.29. The number of hydrazone groups is 1. The summed E-state index contributed by atoms with van der Waals surface area (Å²) in [5.41, 5.74) is 3.53. The van der Waals surface area contributed by atoms with Gasteiger partial charge in [0.1, 0.15) is 5.70 Å². The first-order valence-electron chi connectivity index (χ1n) is 8.99. The van der Waals surface area contributed by atoms with E-state index < -0.39 is 11.8 Å². The van der Waals surface area contributed by atoms with E-state index in [9.17, 15) is 14.7 Å². The van der Waals surface area contributed by atoms with Gasteiger partial charge in [-0.15, -0.1) is 11.3 Å². The third-order valence-electron chi connectivity index (χ3n) is 4.01. The first kappa shape index (κ1) is 22.5. The molecule has 0 unspecified atom stereocenters. The largest absolute Gasteiger partial charge is 0.504 e. The molecule has 0 fully saturated rings. The van der Waals surface area contributed by atoms with Gasteiger partial charge < -0.3 is 15.2 Å². The molecule has 3 N–H and O–H groups in total. The van der Waals surface area contributed by atoms with Gasteiger partial charge in [0.25, 0.3) is 11.8 Å². The van der Waals surface area contributed by atoms with Crippen LogP contribution in [-0.4, -0.2) is 30.2 Å². The number of hydrogen-bond donors (Lipinski definition) is 3. The molecule has 1 heterocycles. The molecule has 0 aliphatic heterocycles. The predicted octanol–water partition coefficient (Wildman–Crippen LogP) is 3.99. The molecule has 0 saturated heterocycles. The van der Waals surface area contributed by atoms with Gasteiger partial charge in [-0.2, -0.15) is 5.10 Å². The Balaban J connectivity index is 1.77. The van der Waals surface area contributed by atoms with E-state index >= 15 is 0 Å². The monoisotopic (exact) mass is 547 g/mol. The van der Waals surface area contributed by atoms with Crippen LogP contribution in [0.3, 0.4) is 0 Å². The second-order valence-electron chi connectivity index (χ2n) is 6.15. The number of hydrogen-bond acceptors (Lipinski definition) is 6. The number of phenols is 1. The van der Waals surface area contributed by atoms with Crippen LogP contribution in [0.5, 0.6) is 11.5 Å². The lowest BCUT2D eigenvalue weighted by Crippen LogP contribution is -2.32. The number of nitrogens with one attached hydrogen (secondary N) is 2. The molecule has 31 heavy (non-hydrogen) atoms. The van der Waals surface area contributed by atoms with Gasteiger partial charge in [-0.1, -0.05) is 24.3 Å². The summed E-state index contributed by atoms with van der Waals surface area (Å²) >= 11 is 3.41. The Bertz CT molecular complexity index is 1130. The van der Waals surface area contributed by atoms with Crippen molar-refractivity contribution in [2.75, 3.05) is 7.11 Å². The molecule has 0 spiro atoms. The van der Waals surface area contributed by atoms with Gasteiger partial charge in [-0.05, 0) is 69.9 Å². The molecule has 158 valence electrons. The molecular weight excluding hydrogens is 529 g/mol. The van der Waals surface area contributed by atoms with E-state index in [-0.39, 0.29) is 11.4 Å². The van der Waals surface area contributed by atoms with Crippen LogP contribution < -0.4 is 15.5 Å². The Kier molecular flexibility index (Phi) is 7.79. The maximum absolute atomic E-state index is 12.7. The minimum atomic E-state index is -0.575. The first-order chi connectivity index (χ1) is 15.0. The highest BCUT2D eigenvalue weighted by Gasteiger charge is 2.14. The lowest BCUT2D eigenvalue weighted by Gasteiger charge is -2.09. The van der Waals surface area contributed by atoms with E-state index in [2.05, 4.69) is 15.8 Å². The van der Waals surface area contributed by atoms with Crippen molar-refractivity contribution >= 4 is 58.0 Å². The molecule has 1 aromatic heterocycles. The Morgan fingerprint density at radius 2 is 1.94 bits per heavy atom. The maximum Gasteiger partial charge on any atom is 0.287 e. The van der Waals surface area contributed by atoms with Crippen LogP contribution in [-0.2, 0) is 4.79 Å². The van der Waals surface area contributed by atoms with Crippen LogP contribution in [0.15, 0.2) is 70.8 Å². The van der Waals surface area contributed by atoms with Crippen molar-refractivity contribution in [2.45, 2.75) is 0 Å². The minimum Gasteiger partial charge on any atom is -0.504 e. The van der Waals surface area contributed by atoms with E-state index in [0.29, 0.717) is 20.4 Å². The standard InChI is InChI=1S/C22H18IN3O4S/c1-30-19-11-14(10-17(23)20(19)27)13-24-26-22(29)18(12-16-8-5-9-31-16)25-21(28)15-6-3-2-4-7-15/h2-13,27H,1H3,(H,25,28)(H,26,29)/b18-12?,24-13+. The molecule has 0 radical (unpaired) electrons. The second kappa shape index (κ2) is 10.7. The number of methoxy groups -OCH3 is 1. The average molecular weight is 547 g/mol. The summed E-state index contributed by atoms with van der Waals surface area (Å²) in [7, 11) is 1.45. The van der Waals surface area contributed by atoms with Crippen molar-refractivity contribution in [2.24, 2.45) is 5.10 Å². The summed E-state index contributed by atoms with van der Waals surface area (Å²) in [5, 5.41) is 18.4. The maximum atomic E-state index is 12.7. The van der Waals surface area contributed by atoms with Crippen molar-refractivity contribution in [1.29, 1.82) is 0 Å². The van der Waals surface area contributed by atoms with Gasteiger partial charge in [0.05, 0.1) is 16.9 Å². The molecule has 7 nitrogen and oxygen atoms in total. The molecule has 0 saturated carbocycles. The minimum absolute atomic E-state index is 0.0362. The van der Waals surface area contributed by atoms with E-state index in [0.717, 1.165) is 4.88 Å². The van der Waals surface area contributed by atoms with Crippen molar-refractivity contribution in [1.82, 2.24) is 10.7 Å². The molecule has 3 aromatic rings. The summed E-state index contributed by atoms with van der Waals surface area (Å²) in [5.74, 6) is -0.642. The Hall–Kier alpha value is -3.18. The molecule has 9 heteroatoms. The zero-order valence-corrected chi connectivity index (χ0v) is 19.3. The fourth-order valence-electron chi connectivity index (χ4n) is 2.51. The number of amides is 2. The highest BCUT2D eigenvalue weighted by molar-refractivity contribution is 14.1. The van der Waals surface area contributed by atoms with Crippen LogP contribution in [0, 0.1) is 3.57 Å². The fourth-order valence-corrected chi connectivity index (χ4v) is 3.79. The van der Waals surface area contributed by atoms with Gasteiger partial charge >= 0.3 is 0 Å². The number of phenolic OH excluding ortho intramolecular Hbond substituents is 1. The third-order valence-corrected chi connectivity index (χ3v) is 5.65. The smallest absolute Gasteiger partial charge is 0.287 e. The Morgan fingerprint density at radius 3 is 2.61 bits per heavy atom. The van der Waals surface area contributed by atoms with E-state index in [4.69, 9.17) is 4.74 Å². The number of halogens is 1. The number of thiophene rings is 1. The molecule has 2 aromatic carbocycles. The molecule has 0 aliphatic carbocycles. The van der Waals surface area contributed by atoms with Crippen LogP contribution in [0.2, 0.25) is 0 Å². The van der Waals surface area contributed by atoms with E-state index in [1.165, 1.54) is 24.7 Å². The fraction of sp³-hybridized carbons (Fsp3) is 0.0455. The third kappa shape index (κ3) is 6.15. The van der Waals surface area contributed by atoms with Crippen molar-refractivity contribution in [3.05, 3.63) is 85.2 Å². The molecular formula is C22H18IN3O4S. The van der Waals surface area contributed by atoms with Crippen LogP contribution >= 0.6 is 33.9 Å². The summed E-state index contributed by atoms with van der Waals surface area (Å²) < 4.78 is 5.70. The van der Waals surface area contributed by atoms with Crippen molar-refractivity contribution < 1.29 is 19.4 Å². The summed E-state index contributed by atoms with van der Waals surface area (Å²) in [6.07, 6.45) is 3.01. The van der Waals surface area contributed by atoms with Crippen LogP contribution in [0.1, 0.15) is 20.8 Å². The van der Waals surface area contributed by atoms with E-state index in [1.54, 1.807) is 48.5 Å². The Labute approximate surface area is 196 Å². The number of ether oxygens (including phenoxy) is 1. The summed E-state index contributed by atoms with van der Waals surface area (Å²) in [6.45, 7) is 0. The lowest BCUT2D eigenvalue weighted by molar-refractivity contribution is -0.117. The van der Waals surface area contributed by atoms with Crippen LogP contribution in [0.25, 0.3) is 6.08 Å². The zero-order chi connectivity index (χ0) is 22.2. The zero-order valence-electron chi connectivity index (χ0n) is 16.3. The Morgan fingerprint density at radius 1 is 1.16 bits per heavy atom. The molecule has 2 amide bonds. The highest BCUT2D eigenvalue weighted by atomic mass is 127. The normalized spacial score (nSPS) is 11.4. The van der Waals surface area contributed by atoms with Crippen LogP contribution in [0.4, 0.5) is 0 Å². The highest BCUT2D eigenvalue weighted by Crippen LogP contribution is 2.31. The summed E-state index contributed by atoms with van der Waals surface area (Å²) in [4.78, 5) is 26.0. The number of carbonyl (C=O) groups excluding carboxylic acids is 2. The number of aromatic hydroxyl groups is 1. The quantitative estimate of drug-likeness (QED) is 0.180. The molecule has 0 aliphatic rings. The molecule has 3 rings (SSSR count). The van der Waals surface area contributed by atoms with Gasteiger partial charge in [-0.3, -0.25) is 9.59 Å². The number of carbonyl (C=O) groups is 2. The lowest BCUT2D eigenvalue weighted by atomic mass is 10.2. The molecule has 0 atom stereocenters. The number of benzene rings is 2. The van der Waals surface area contributed by atoms with Gasteiger partial charge in [0.15, 0.2) is 11.5 Å². The topological polar surface area (TPSA) is 100 Å². The first-order valence-corrected chi connectivity index (χ1v) is 10.9. The predicted molar refractivity (Wildman–Crippen MR) is 129 cm³/mol. The SMILES string of the molecule is COc1cc(/C=N/NC(=O)C(=Cc2cccs2)NC(=O)c2ccccc2)cc(I)c1O. The number of nitrogens with zero attached hydrogens (tertiary/aromatic N) is 1. The summed E-state index contributed by atoms with van der Waals surface area (Å²) in [6, 6.07) is 15.6. The van der Waals surface area contributed by atoms with Crippen molar-refractivity contribution in [3.8, 4) is 11.5 Å². The second-order valence-corrected chi connectivity index (χ2v) is 8.29. The number of rotatable bonds is 7. The van der Waals surface area contributed by atoms with Crippen molar-refractivity contribution in [3.63, 3.8) is 0 Å². The molecule has 0 bridgehead atoms. The van der Waals surface area contributed by atoms with Gasteiger partial charge in [0.2, 0.25) is 0 Å². The van der Waals surface area contributed by atoms with E-state index in [1.807, 2.05) is 40.1 Å². The van der Waals surface area contributed by atoms with Gasteiger partial charge in [-0.25, -0.2) is 5.43 Å².